The third-order valence-corrected chi connectivity index (χ3v) is 1.48. The molecule has 0 amide bonds. The van der Waals surface area contributed by atoms with Crippen LogP contribution in [0.15, 0.2) is 40.6 Å². The van der Waals surface area contributed by atoms with E-state index in [1.807, 2.05) is 0 Å². The Hall–Kier alpha value is -2.28. The number of aryl methyl sites for hydroxylation is 1. The summed E-state index contributed by atoms with van der Waals surface area (Å²) < 4.78 is 0. The molecule has 2 aromatic heterocycles. The Kier molecular flexibility index (Phi) is 6.06. The average molecular weight is 224 g/mol. The highest BCUT2D eigenvalue weighted by molar-refractivity contribution is 4.98. The van der Waals surface area contributed by atoms with Crippen LogP contribution in [0, 0.1) is 6.92 Å². The van der Waals surface area contributed by atoms with Gasteiger partial charge in [-0.1, -0.05) is 0 Å². The van der Waals surface area contributed by atoms with E-state index in [0.717, 1.165) is 0 Å². The van der Waals surface area contributed by atoms with Crippen molar-refractivity contribution in [3.8, 4) is 0 Å². The Morgan fingerprint density at radius 1 is 1.19 bits per heavy atom. The molecule has 0 spiro atoms. The molecular weight excluding hydrogens is 212 g/mol. The maximum absolute atomic E-state index is 10.6. The number of hydrogen-bond acceptors (Lipinski definition) is 4. The van der Waals surface area contributed by atoms with Crippen LogP contribution in [-0.2, 0) is 0 Å². The summed E-state index contributed by atoms with van der Waals surface area (Å²) in [5.74, 6) is 0. The van der Waals surface area contributed by atoms with E-state index < -0.39 is 5.69 Å². The van der Waals surface area contributed by atoms with Crippen molar-refractivity contribution in [3.63, 3.8) is 0 Å². The predicted molar refractivity (Wildman–Crippen MR) is 58.1 cm³/mol. The van der Waals surface area contributed by atoms with E-state index in [9.17, 15) is 9.59 Å². The van der Waals surface area contributed by atoms with E-state index in [1.165, 1.54) is 12.5 Å². The highest BCUT2D eigenvalue weighted by atomic mass is 16.2. The Morgan fingerprint density at radius 3 is 2.12 bits per heavy atom. The zero-order valence-corrected chi connectivity index (χ0v) is 8.60. The van der Waals surface area contributed by atoms with Gasteiger partial charge in [-0.2, -0.15) is 0 Å². The second-order valence-electron chi connectivity index (χ2n) is 2.66. The van der Waals surface area contributed by atoms with Crippen LogP contribution in [0.25, 0.3) is 0 Å². The Labute approximate surface area is 90.5 Å². The van der Waals surface area contributed by atoms with Crippen molar-refractivity contribution < 1.29 is 5.48 Å². The molecule has 0 saturated heterocycles. The number of rotatable bonds is 0. The molecule has 2 aromatic rings. The van der Waals surface area contributed by atoms with Crippen molar-refractivity contribution in [1.29, 1.82) is 0 Å². The van der Waals surface area contributed by atoms with E-state index >= 15 is 0 Å². The predicted octanol–water partition coefficient (Wildman–Crippen LogP) is -0.976. The van der Waals surface area contributed by atoms with E-state index in [-0.39, 0.29) is 11.0 Å². The molecule has 0 radical (unpaired) electrons. The monoisotopic (exact) mass is 224 g/mol. The molecule has 2 rings (SSSR count). The summed E-state index contributed by atoms with van der Waals surface area (Å²) in [4.78, 5) is 32.6. The van der Waals surface area contributed by atoms with E-state index in [2.05, 4.69) is 19.9 Å². The molecule has 4 N–H and O–H groups in total. The SMILES string of the molecule is Cc1c[nH]c(=O)[nH]c1=O.O.c1cncnc1. The molecule has 0 bridgehead atoms. The van der Waals surface area contributed by atoms with Gasteiger partial charge in [-0.25, -0.2) is 14.8 Å². The molecule has 0 saturated carbocycles. The number of nitrogens with one attached hydrogen (secondary N) is 2. The fraction of sp³-hybridized carbons (Fsp3) is 0.111. The summed E-state index contributed by atoms with van der Waals surface area (Å²) >= 11 is 0. The lowest BCUT2D eigenvalue weighted by atomic mass is 10.4. The zero-order valence-electron chi connectivity index (χ0n) is 8.60. The summed E-state index contributed by atoms with van der Waals surface area (Å²) in [5.41, 5.74) is -0.293. The molecule has 0 fully saturated rings. The number of H-pyrrole nitrogens is 2. The lowest BCUT2D eigenvalue weighted by Gasteiger charge is -1.84. The first-order chi connectivity index (χ1) is 7.20. The highest BCUT2D eigenvalue weighted by Gasteiger charge is 1.88. The van der Waals surface area contributed by atoms with Crippen LogP contribution in [0.2, 0.25) is 0 Å². The zero-order chi connectivity index (χ0) is 11.1. The first kappa shape index (κ1) is 13.7. The van der Waals surface area contributed by atoms with Crippen LogP contribution >= 0.6 is 0 Å². The smallest absolute Gasteiger partial charge is 0.325 e. The van der Waals surface area contributed by atoms with Crippen molar-refractivity contribution in [3.05, 3.63) is 57.4 Å². The Bertz CT molecular complexity index is 479. The summed E-state index contributed by atoms with van der Waals surface area (Å²) in [6.45, 7) is 1.62. The Balaban J connectivity index is 0.000000283. The van der Waals surface area contributed by atoms with Crippen LogP contribution in [0.1, 0.15) is 5.56 Å². The molecule has 7 heteroatoms. The fourth-order valence-corrected chi connectivity index (χ4v) is 0.730. The third-order valence-electron chi connectivity index (χ3n) is 1.48. The van der Waals surface area contributed by atoms with Crippen LogP contribution in [0.3, 0.4) is 0 Å². The second kappa shape index (κ2) is 7.07. The number of aromatic amines is 2. The highest BCUT2D eigenvalue weighted by Crippen LogP contribution is 1.73. The molecule has 0 atom stereocenters. The molecule has 0 aliphatic heterocycles. The fourth-order valence-electron chi connectivity index (χ4n) is 0.730. The van der Waals surface area contributed by atoms with Gasteiger partial charge in [0.05, 0.1) is 0 Å². The molecular formula is C9H12N4O3. The van der Waals surface area contributed by atoms with Crippen LogP contribution < -0.4 is 11.2 Å². The lowest BCUT2D eigenvalue weighted by molar-refractivity contribution is 0.824. The van der Waals surface area contributed by atoms with Gasteiger partial charge in [0.2, 0.25) is 0 Å². The van der Waals surface area contributed by atoms with Gasteiger partial charge in [0.1, 0.15) is 6.33 Å². The first-order valence-corrected chi connectivity index (χ1v) is 4.19. The van der Waals surface area contributed by atoms with Gasteiger partial charge in [0.25, 0.3) is 5.56 Å². The van der Waals surface area contributed by atoms with E-state index in [4.69, 9.17) is 0 Å². The number of aromatic nitrogens is 4. The quantitative estimate of drug-likeness (QED) is 0.597. The number of nitrogens with zero attached hydrogens (tertiary/aromatic N) is 2. The second-order valence-corrected chi connectivity index (χ2v) is 2.66. The third kappa shape index (κ3) is 4.82. The number of hydrogen-bond donors (Lipinski definition) is 2. The molecule has 16 heavy (non-hydrogen) atoms. The lowest BCUT2D eigenvalue weighted by Crippen LogP contribution is -2.22. The molecule has 7 nitrogen and oxygen atoms in total. The van der Waals surface area contributed by atoms with Gasteiger partial charge >= 0.3 is 5.69 Å². The minimum absolute atomic E-state index is 0. The van der Waals surface area contributed by atoms with Crippen LogP contribution in [0.4, 0.5) is 0 Å². The average Bonchev–Trinajstić information content (AvgIpc) is 2.27. The van der Waals surface area contributed by atoms with E-state index in [1.54, 1.807) is 25.4 Å². The topological polar surface area (TPSA) is 123 Å². The molecule has 0 unspecified atom stereocenters. The molecule has 86 valence electrons. The maximum Gasteiger partial charge on any atom is 0.325 e. The molecule has 2 heterocycles. The van der Waals surface area contributed by atoms with Crippen molar-refractivity contribution >= 4 is 0 Å². The standard InChI is InChI=1S/C5H6N2O2.C4H4N2.H2O/c1-3-2-6-5(9)7-4(3)8;1-2-5-4-6-3-1;/h2H,1H3,(H2,6,7,8,9);1-4H;1H2. The van der Waals surface area contributed by atoms with Crippen molar-refractivity contribution in [2.45, 2.75) is 6.92 Å². The van der Waals surface area contributed by atoms with Gasteiger partial charge in [0, 0.05) is 24.2 Å². The van der Waals surface area contributed by atoms with Crippen LogP contribution in [0.5, 0.6) is 0 Å². The van der Waals surface area contributed by atoms with Crippen molar-refractivity contribution in [2.24, 2.45) is 0 Å². The summed E-state index contributed by atoms with van der Waals surface area (Å²) in [6, 6.07) is 1.78. The van der Waals surface area contributed by atoms with Crippen LogP contribution in [-0.4, -0.2) is 25.4 Å². The first-order valence-electron chi connectivity index (χ1n) is 4.19. The summed E-state index contributed by atoms with van der Waals surface area (Å²) in [6.07, 6.45) is 6.25. The van der Waals surface area contributed by atoms with E-state index in [0.29, 0.717) is 5.56 Å². The van der Waals surface area contributed by atoms with Gasteiger partial charge in [-0.15, -0.1) is 0 Å². The normalized spacial score (nSPS) is 8.31. The minimum Gasteiger partial charge on any atom is -0.412 e. The largest absolute Gasteiger partial charge is 0.412 e. The Morgan fingerprint density at radius 2 is 1.81 bits per heavy atom. The summed E-state index contributed by atoms with van der Waals surface area (Å²) in [7, 11) is 0. The minimum atomic E-state index is -0.467. The van der Waals surface area contributed by atoms with Gasteiger partial charge in [0.15, 0.2) is 0 Å². The molecule has 0 aliphatic rings. The van der Waals surface area contributed by atoms with Gasteiger partial charge in [-0.05, 0) is 13.0 Å². The van der Waals surface area contributed by atoms with Crippen molar-refractivity contribution in [2.75, 3.05) is 0 Å². The summed E-state index contributed by atoms with van der Waals surface area (Å²) in [5, 5.41) is 0. The molecule has 0 aliphatic carbocycles. The van der Waals surface area contributed by atoms with Crippen molar-refractivity contribution in [1.82, 2.24) is 19.9 Å². The van der Waals surface area contributed by atoms with Gasteiger partial charge in [-0.3, -0.25) is 9.78 Å². The maximum atomic E-state index is 10.6. The molecule has 0 aromatic carbocycles. The van der Waals surface area contributed by atoms with Gasteiger partial charge < -0.3 is 10.5 Å².